The number of nitrogens with zero attached hydrogens (tertiary/aromatic N) is 2. The molecule has 0 bridgehead atoms. The lowest BCUT2D eigenvalue weighted by Crippen LogP contribution is -2.40. The minimum atomic E-state index is -0.166. The summed E-state index contributed by atoms with van der Waals surface area (Å²) >= 11 is 0. The SMILES string of the molecule is CCNC(=NCCCNC(=O)c1occc1C)N1CCC(COC)C1. The number of hydrogen-bond donors (Lipinski definition) is 2. The Bertz CT molecular complexity index is 570. The maximum absolute atomic E-state index is 12.0. The summed E-state index contributed by atoms with van der Waals surface area (Å²) in [6.07, 6.45) is 3.46. The number of ether oxygens (including phenoxy) is 1. The first-order valence-electron chi connectivity index (χ1n) is 9.00. The minimum absolute atomic E-state index is 0.166. The van der Waals surface area contributed by atoms with Gasteiger partial charge in [0, 0.05) is 51.3 Å². The Balaban J connectivity index is 1.74. The highest BCUT2D eigenvalue weighted by Gasteiger charge is 2.24. The number of amides is 1. The molecule has 2 rings (SSSR count). The van der Waals surface area contributed by atoms with E-state index in [0.717, 1.165) is 50.6 Å². The van der Waals surface area contributed by atoms with Gasteiger partial charge in [0.1, 0.15) is 0 Å². The Labute approximate surface area is 149 Å². The van der Waals surface area contributed by atoms with Crippen LogP contribution in [-0.4, -0.2) is 63.2 Å². The van der Waals surface area contributed by atoms with Gasteiger partial charge in [-0.3, -0.25) is 9.79 Å². The number of guanidine groups is 1. The maximum Gasteiger partial charge on any atom is 0.287 e. The largest absolute Gasteiger partial charge is 0.459 e. The summed E-state index contributed by atoms with van der Waals surface area (Å²) < 4.78 is 10.4. The van der Waals surface area contributed by atoms with Crippen LogP contribution in [0.4, 0.5) is 0 Å². The van der Waals surface area contributed by atoms with E-state index >= 15 is 0 Å². The molecule has 7 nitrogen and oxygen atoms in total. The average molecular weight is 350 g/mol. The van der Waals surface area contributed by atoms with Crippen LogP contribution in [0.1, 0.15) is 35.9 Å². The van der Waals surface area contributed by atoms with Crippen molar-refractivity contribution in [3.63, 3.8) is 0 Å². The van der Waals surface area contributed by atoms with E-state index in [4.69, 9.17) is 9.15 Å². The second-order valence-corrected chi connectivity index (χ2v) is 6.33. The second kappa shape index (κ2) is 10.1. The number of nitrogens with one attached hydrogen (secondary N) is 2. The van der Waals surface area contributed by atoms with Crippen LogP contribution in [0.3, 0.4) is 0 Å². The summed E-state index contributed by atoms with van der Waals surface area (Å²) in [7, 11) is 1.75. The van der Waals surface area contributed by atoms with Crippen LogP contribution in [0.15, 0.2) is 21.7 Å². The van der Waals surface area contributed by atoms with E-state index in [-0.39, 0.29) is 5.91 Å². The van der Waals surface area contributed by atoms with Gasteiger partial charge in [0.25, 0.3) is 5.91 Å². The topological polar surface area (TPSA) is 79.1 Å². The molecule has 1 amide bonds. The number of aliphatic imine (C=N–C) groups is 1. The standard InChI is InChI=1S/C18H30N4O3/c1-4-19-18(22-10-6-15(12-22)13-24-3)21-9-5-8-20-17(23)16-14(2)7-11-25-16/h7,11,15H,4-6,8-10,12-13H2,1-3H3,(H,19,21)(H,20,23). The van der Waals surface area contributed by atoms with Crippen molar-refractivity contribution in [1.82, 2.24) is 15.5 Å². The molecule has 1 aromatic heterocycles. The Kier molecular flexibility index (Phi) is 7.78. The molecular weight excluding hydrogens is 320 g/mol. The van der Waals surface area contributed by atoms with Crippen LogP contribution < -0.4 is 10.6 Å². The van der Waals surface area contributed by atoms with Crippen molar-refractivity contribution in [2.75, 3.05) is 46.4 Å². The quantitative estimate of drug-likeness (QED) is 0.423. The first kappa shape index (κ1) is 19.3. The molecular formula is C18H30N4O3. The van der Waals surface area contributed by atoms with Gasteiger partial charge >= 0.3 is 0 Å². The molecule has 140 valence electrons. The number of carbonyl (C=O) groups excluding carboxylic acids is 1. The maximum atomic E-state index is 12.0. The molecule has 1 aliphatic heterocycles. The number of hydrogen-bond acceptors (Lipinski definition) is 4. The van der Waals surface area contributed by atoms with Crippen molar-refractivity contribution in [2.24, 2.45) is 10.9 Å². The van der Waals surface area contributed by atoms with Gasteiger partial charge in [-0.15, -0.1) is 0 Å². The van der Waals surface area contributed by atoms with Crippen LogP contribution in [0, 0.1) is 12.8 Å². The van der Waals surface area contributed by atoms with Gasteiger partial charge in [0.15, 0.2) is 11.7 Å². The molecule has 7 heteroatoms. The lowest BCUT2D eigenvalue weighted by atomic mass is 10.1. The fraction of sp³-hybridized carbons (Fsp3) is 0.667. The van der Waals surface area contributed by atoms with Crippen LogP contribution in [0.5, 0.6) is 0 Å². The van der Waals surface area contributed by atoms with E-state index in [9.17, 15) is 4.79 Å². The first-order valence-corrected chi connectivity index (χ1v) is 9.00. The zero-order valence-corrected chi connectivity index (χ0v) is 15.5. The third kappa shape index (κ3) is 5.77. The predicted molar refractivity (Wildman–Crippen MR) is 97.9 cm³/mol. The minimum Gasteiger partial charge on any atom is -0.459 e. The van der Waals surface area contributed by atoms with Gasteiger partial charge in [-0.2, -0.15) is 0 Å². The first-order chi connectivity index (χ1) is 12.2. The normalized spacial score (nSPS) is 17.8. The predicted octanol–water partition coefficient (Wildman–Crippen LogP) is 1.64. The fourth-order valence-electron chi connectivity index (χ4n) is 2.97. The number of likely N-dealkylation sites (tertiary alicyclic amines) is 1. The molecule has 0 saturated carbocycles. The van der Waals surface area contributed by atoms with E-state index in [0.29, 0.717) is 24.8 Å². The van der Waals surface area contributed by atoms with Crippen LogP contribution in [0.2, 0.25) is 0 Å². The Morgan fingerprint density at radius 1 is 1.48 bits per heavy atom. The monoisotopic (exact) mass is 350 g/mol. The molecule has 1 unspecified atom stereocenters. The van der Waals surface area contributed by atoms with Crippen LogP contribution in [0.25, 0.3) is 0 Å². The van der Waals surface area contributed by atoms with Crippen LogP contribution >= 0.6 is 0 Å². The summed E-state index contributed by atoms with van der Waals surface area (Å²) in [6, 6.07) is 1.79. The Morgan fingerprint density at radius 3 is 3.00 bits per heavy atom. The van der Waals surface area contributed by atoms with Gasteiger partial charge in [-0.05, 0) is 32.8 Å². The van der Waals surface area contributed by atoms with Crippen molar-refractivity contribution in [1.29, 1.82) is 0 Å². The third-order valence-corrected chi connectivity index (χ3v) is 4.27. The highest BCUT2D eigenvalue weighted by Crippen LogP contribution is 2.16. The number of aryl methyl sites for hydroxylation is 1. The molecule has 0 aromatic carbocycles. The fourth-order valence-corrected chi connectivity index (χ4v) is 2.97. The van der Waals surface area contributed by atoms with Crippen molar-refractivity contribution < 1.29 is 13.9 Å². The summed E-state index contributed by atoms with van der Waals surface area (Å²) in [4.78, 5) is 18.9. The summed E-state index contributed by atoms with van der Waals surface area (Å²) in [5, 5.41) is 6.22. The van der Waals surface area contributed by atoms with E-state index in [1.165, 1.54) is 6.26 Å². The molecule has 1 fully saturated rings. The highest BCUT2D eigenvalue weighted by atomic mass is 16.5. The molecule has 0 spiro atoms. The number of methoxy groups -OCH3 is 1. The van der Waals surface area contributed by atoms with Crippen molar-refractivity contribution >= 4 is 11.9 Å². The van der Waals surface area contributed by atoms with E-state index in [2.05, 4.69) is 27.4 Å². The molecule has 0 aliphatic carbocycles. The van der Waals surface area contributed by atoms with Gasteiger partial charge < -0.3 is 24.7 Å². The second-order valence-electron chi connectivity index (χ2n) is 6.33. The summed E-state index contributed by atoms with van der Waals surface area (Å²) in [6.45, 7) is 8.82. The Morgan fingerprint density at radius 2 is 2.32 bits per heavy atom. The molecule has 0 radical (unpaired) electrons. The summed E-state index contributed by atoms with van der Waals surface area (Å²) in [5.41, 5.74) is 0.851. The van der Waals surface area contributed by atoms with Crippen molar-refractivity contribution in [2.45, 2.75) is 26.7 Å². The van der Waals surface area contributed by atoms with Gasteiger partial charge in [0.2, 0.25) is 0 Å². The molecule has 1 aromatic rings. The van der Waals surface area contributed by atoms with Crippen molar-refractivity contribution in [3.05, 3.63) is 23.7 Å². The number of furan rings is 1. The van der Waals surface area contributed by atoms with E-state index in [1.54, 1.807) is 13.2 Å². The van der Waals surface area contributed by atoms with E-state index < -0.39 is 0 Å². The van der Waals surface area contributed by atoms with Gasteiger partial charge in [-0.1, -0.05) is 0 Å². The zero-order valence-electron chi connectivity index (χ0n) is 15.5. The smallest absolute Gasteiger partial charge is 0.287 e. The molecule has 1 aliphatic rings. The van der Waals surface area contributed by atoms with Gasteiger partial charge in [0.05, 0.1) is 12.9 Å². The van der Waals surface area contributed by atoms with Gasteiger partial charge in [-0.25, -0.2) is 0 Å². The summed E-state index contributed by atoms with van der Waals surface area (Å²) in [5.74, 6) is 1.75. The lowest BCUT2D eigenvalue weighted by molar-refractivity contribution is 0.0925. The molecule has 1 saturated heterocycles. The molecule has 2 heterocycles. The highest BCUT2D eigenvalue weighted by molar-refractivity contribution is 5.92. The van der Waals surface area contributed by atoms with E-state index in [1.807, 2.05) is 6.92 Å². The molecule has 2 N–H and O–H groups in total. The van der Waals surface area contributed by atoms with Crippen molar-refractivity contribution in [3.8, 4) is 0 Å². The lowest BCUT2D eigenvalue weighted by Gasteiger charge is -2.21. The third-order valence-electron chi connectivity index (χ3n) is 4.27. The average Bonchev–Trinajstić information content (AvgIpc) is 3.23. The zero-order chi connectivity index (χ0) is 18.1. The van der Waals surface area contributed by atoms with Crippen LogP contribution in [-0.2, 0) is 4.74 Å². The Hall–Kier alpha value is -2.02. The molecule has 25 heavy (non-hydrogen) atoms. The molecule has 1 atom stereocenters. The number of carbonyl (C=O) groups is 1. The number of rotatable bonds is 8.